The Balaban J connectivity index is 3.27. The smallest absolute Gasteiger partial charge is 0.466 e. The molecule has 1 aromatic heterocycles. The average molecular weight is 392 g/mol. The summed E-state index contributed by atoms with van der Waals surface area (Å²) in [5.41, 5.74) is -1.46. The van der Waals surface area contributed by atoms with Gasteiger partial charge in [0.05, 0.1) is 30.0 Å². The molecule has 22 heavy (non-hydrogen) atoms. The summed E-state index contributed by atoms with van der Waals surface area (Å²) in [7, 11) is 0. The van der Waals surface area contributed by atoms with E-state index in [1.807, 2.05) is 0 Å². The maximum atomic E-state index is 13.0. The van der Waals surface area contributed by atoms with Gasteiger partial charge in [0.1, 0.15) is 5.75 Å². The van der Waals surface area contributed by atoms with Crippen molar-refractivity contribution < 1.29 is 36.2 Å². The van der Waals surface area contributed by atoms with E-state index in [1.165, 1.54) is 0 Å². The van der Waals surface area contributed by atoms with Gasteiger partial charge in [-0.05, 0) is 6.92 Å². The minimum Gasteiger partial charge on any atom is -0.466 e. The summed E-state index contributed by atoms with van der Waals surface area (Å²) in [4.78, 5) is 15.1. The SMILES string of the molecule is CCOC(=O)Cc1cc(OC(F)(F)F)c(C(F)F)c(CBr)n1. The Hall–Kier alpha value is -1.45. The van der Waals surface area contributed by atoms with Crippen LogP contribution in [0, 0.1) is 0 Å². The molecule has 0 aromatic carbocycles. The van der Waals surface area contributed by atoms with E-state index in [9.17, 15) is 26.7 Å². The predicted octanol–water partition coefficient (Wildman–Crippen LogP) is 3.92. The fourth-order valence-corrected chi connectivity index (χ4v) is 2.06. The zero-order valence-electron chi connectivity index (χ0n) is 11.2. The molecule has 0 aliphatic carbocycles. The fourth-order valence-electron chi connectivity index (χ4n) is 1.63. The minimum absolute atomic E-state index is 0.0746. The van der Waals surface area contributed by atoms with E-state index in [1.54, 1.807) is 6.92 Å². The molecule has 1 heterocycles. The number of pyridine rings is 1. The van der Waals surface area contributed by atoms with Crippen LogP contribution in [0.25, 0.3) is 0 Å². The second kappa shape index (κ2) is 7.70. The molecule has 1 aromatic rings. The van der Waals surface area contributed by atoms with Gasteiger partial charge in [0.15, 0.2) is 0 Å². The normalized spacial score (nSPS) is 11.6. The lowest BCUT2D eigenvalue weighted by molar-refractivity contribution is -0.275. The molecule has 0 N–H and O–H groups in total. The number of alkyl halides is 6. The molecule has 0 aliphatic heterocycles. The predicted molar refractivity (Wildman–Crippen MR) is 68.8 cm³/mol. The van der Waals surface area contributed by atoms with Crippen LogP contribution in [0.1, 0.15) is 30.3 Å². The van der Waals surface area contributed by atoms with Crippen molar-refractivity contribution >= 4 is 21.9 Å². The monoisotopic (exact) mass is 391 g/mol. The summed E-state index contributed by atoms with van der Waals surface area (Å²) < 4.78 is 71.2. The number of carbonyl (C=O) groups excluding carboxylic acids is 1. The number of esters is 1. The zero-order valence-corrected chi connectivity index (χ0v) is 12.8. The van der Waals surface area contributed by atoms with E-state index in [-0.39, 0.29) is 23.3 Å². The summed E-state index contributed by atoms with van der Waals surface area (Å²) in [5, 5.41) is -0.225. The van der Waals surface area contributed by atoms with E-state index >= 15 is 0 Å². The average Bonchev–Trinajstić information content (AvgIpc) is 2.35. The number of hydrogen-bond acceptors (Lipinski definition) is 4. The molecule has 0 unspecified atom stereocenters. The van der Waals surface area contributed by atoms with Gasteiger partial charge >= 0.3 is 12.3 Å². The summed E-state index contributed by atoms with van der Waals surface area (Å²) in [6.45, 7) is 1.62. The lowest BCUT2D eigenvalue weighted by Crippen LogP contribution is -2.20. The van der Waals surface area contributed by atoms with Gasteiger partial charge in [0, 0.05) is 11.4 Å². The largest absolute Gasteiger partial charge is 0.573 e. The molecule has 0 aliphatic rings. The highest BCUT2D eigenvalue weighted by Crippen LogP contribution is 2.36. The van der Waals surface area contributed by atoms with Crippen LogP contribution in [0.3, 0.4) is 0 Å². The molecule has 1 rings (SSSR count). The number of ether oxygens (including phenoxy) is 2. The van der Waals surface area contributed by atoms with Gasteiger partial charge < -0.3 is 9.47 Å². The van der Waals surface area contributed by atoms with Crippen LogP contribution in [-0.4, -0.2) is 23.9 Å². The van der Waals surface area contributed by atoms with Crippen LogP contribution >= 0.6 is 15.9 Å². The van der Waals surface area contributed by atoms with Gasteiger partial charge in [-0.25, -0.2) is 8.78 Å². The van der Waals surface area contributed by atoms with Gasteiger partial charge in [0.2, 0.25) is 0 Å². The van der Waals surface area contributed by atoms with E-state index in [0.717, 1.165) is 0 Å². The Bertz CT molecular complexity index is 536. The minimum atomic E-state index is -5.14. The molecular weight excluding hydrogens is 381 g/mol. The van der Waals surface area contributed by atoms with E-state index < -0.39 is 36.5 Å². The summed E-state index contributed by atoms with van der Waals surface area (Å²) in [5.74, 6) is -1.82. The van der Waals surface area contributed by atoms with Gasteiger partial charge in [-0.1, -0.05) is 15.9 Å². The number of hydrogen-bond donors (Lipinski definition) is 0. The maximum absolute atomic E-state index is 13.0. The first-order chi connectivity index (χ1) is 10.2. The zero-order chi connectivity index (χ0) is 16.9. The van der Waals surface area contributed by atoms with Crippen molar-refractivity contribution in [1.82, 2.24) is 4.98 Å². The standard InChI is InChI=1S/C12H11BrF5NO3/c1-2-21-9(20)4-6-3-8(22-12(16,17)18)10(11(14)15)7(5-13)19-6/h3,11H,2,4-5H2,1H3. The number of carbonyl (C=O) groups is 1. The van der Waals surface area contributed by atoms with Crippen LogP contribution in [0.4, 0.5) is 22.0 Å². The van der Waals surface area contributed by atoms with Crippen LogP contribution in [0.5, 0.6) is 5.75 Å². The molecule has 10 heteroatoms. The van der Waals surface area contributed by atoms with Crippen molar-refractivity contribution in [2.24, 2.45) is 0 Å². The van der Waals surface area contributed by atoms with Crippen molar-refractivity contribution in [3.05, 3.63) is 23.0 Å². The highest BCUT2D eigenvalue weighted by Gasteiger charge is 2.34. The Morgan fingerprint density at radius 1 is 1.41 bits per heavy atom. The lowest BCUT2D eigenvalue weighted by atomic mass is 10.1. The van der Waals surface area contributed by atoms with Crippen molar-refractivity contribution in [1.29, 1.82) is 0 Å². The molecule has 0 saturated carbocycles. The molecule has 124 valence electrons. The molecule has 0 fully saturated rings. The number of rotatable bonds is 6. The van der Waals surface area contributed by atoms with Crippen molar-refractivity contribution in [3.8, 4) is 5.75 Å². The van der Waals surface area contributed by atoms with E-state index in [2.05, 4.69) is 30.4 Å². The maximum Gasteiger partial charge on any atom is 0.573 e. The highest BCUT2D eigenvalue weighted by atomic mass is 79.9. The number of halogens is 6. The first-order valence-electron chi connectivity index (χ1n) is 5.96. The molecule has 0 saturated heterocycles. The fraction of sp³-hybridized carbons (Fsp3) is 0.500. The van der Waals surface area contributed by atoms with Gasteiger partial charge in [-0.3, -0.25) is 9.78 Å². The summed E-state index contributed by atoms with van der Waals surface area (Å²) in [6.07, 6.45) is -8.81. The topological polar surface area (TPSA) is 48.4 Å². The van der Waals surface area contributed by atoms with Gasteiger partial charge in [-0.15, -0.1) is 13.2 Å². The third-order valence-corrected chi connectivity index (χ3v) is 2.89. The molecule has 0 spiro atoms. The van der Waals surface area contributed by atoms with Gasteiger partial charge in [0.25, 0.3) is 6.43 Å². The third-order valence-electron chi connectivity index (χ3n) is 2.35. The van der Waals surface area contributed by atoms with Crippen LogP contribution in [-0.2, 0) is 21.3 Å². The van der Waals surface area contributed by atoms with Crippen molar-refractivity contribution in [2.75, 3.05) is 6.61 Å². The Labute approximate surface area is 130 Å². The lowest BCUT2D eigenvalue weighted by Gasteiger charge is -2.16. The van der Waals surface area contributed by atoms with Gasteiger partial charge in [-0.2, -0.15) is 0 Å². The number of nitrogens with zero attached hydrogens (tertiary/aromatic N) is 1. The first kappa shape index (κ1) is 18.6. The summed E-state index contributed by atoms with van der Waals surface area (Å²) >= 11 is 2.87. The second-order valence-corrected chi connectivity index (χ2v) is 4.50. The van der Waals surface area contributed by atoms with Crippen LogP contribution in [0.2, 0.25) is 0 Å². The third kappa shape index (κ3) is 5.39. The number of aromatic nitrogens is 1. The molecule has 0 radical (unpaired) electrons. The Morgan fingerprint density at radius 2 is 2.05 bits per heavy atom. The van der Waals surface area contributed by atoms with Crippen molar-refractivity contribution in [3.63, 3.8) is 0 Å². The Morgan fingerprint density at radius 3 is 2.50 bits per heavy atom. The molecule has 0 amide bonds. The van der Waals surface area contributed by atoms with E-state index in [0.29, 0.717) is 6.07 Å². The molecule has 0 atom stereocenters. The molecular formula is C12H11BrF5NO3. The van der Waals surface area contributed by atoms with Crippen molar-refractivity contribution in [2.45, 2.75) is 31.5 Å². The second-order valence-electron chi connectivity index (χ2n) is 3.94. The first-order valence-corrected chi connectivity index (χ1v) is 7.08. The van der Waals surface area contributed by atoms with E-state index in [4.69, 9.17) is 0 Å². The molecule has 4 nitrogen and oxygen atoms in total. The summed E-state index contributed by atoms with van der Waals surface area (Å²) in [6, 6.07) is 0.665. The molecule has 0 bridgehead atoms. The van der Waals surface area contributed by atoms with Crippen LogP contribution < -0.4 is 4.74 Å². The van der Waals surface area contributed by atoms with Crippen LogP contribution in [0.15, 0.2) is 6.07 Å². The Kier molecular flexibility index (Phi) is 6.51. The highest BCUT2D eigenvalue weighted by molar-refractivity contribution is 9.08. The quantitative estimate of drug-likeness (QED) is 0.419.